The van der Waals surface area contributed by atoms with Crippen LogP contribution in [0.5, 0.6) is 0 Å². The number of anilines is 1. The van der Waals surface area contributed by atoms with Crippen LogP contribution in [0.2, 0.25) is 5.02 Å². The maximum atomic E-state index is 13.3. The summed E-state index contributed by atoms with van der Waals surface area (Å²) in [7, 11) is 0. The number of amides is 1. The fourth-order valence-corrected chi connectivity index (χ4v) is 1.84. The molecular formula is C15H11ClFNO3. The van der Waals surface area contributed by atoms with Crippen LogP contribution in [0, 0.1) is 5.82 Å². The van der Waals surface area contributed by atoms with Gasteiger partial charge in [0.05, 0.1) is 11.4 Å². The Morgan fingerprint density at radius 3 is 2.38 bits per heavy atom. The van der Waals surface area contributed by atoms with Crippen molar-refractivity contribution in [1.29, 1.82) is 0 Å². The summed E-state index contributed by atoms with van der Waals surface area (Å²) in [6.45, 7) is 0. The van der Waals surface area contributed by atoms with Crippen LogP contribution in [0.15, 0.2) is 42.5 Å². The average Bonchev–Trinajstić information content (AvgIpc) is 2.43. The number of halogens is 2. The molecule has 21 heavy (non-hydrogen) atoms. The third kappa shape index (κ3) is 4.03. The van der Waals surface area contributed by atoms with Gasteiger partial charge in [-0.3, -0.25) is 9.59 Å². The maximum absolute atomic E-state index is 13.3. The van der Waals surface area contributed by atoms with Crippen molar-refractivity contribution in [3.63, 3.8) is 0 Å². The van der Waals surface area contributed by atoms with Gasteiger partial charge < -0.3 is 10.4 Å². The molecule has 2 aromatic carbocycles. The number of nitrogens with one attached hydrogen (secondary N) is 1. The van der Waals surface area contributed by atoms with E-state index in [1.54, 1.807) is 24.3 Å². The van der Waals surface area contributed by atoms with E-state index in [-0.39, 0.29) is 17.0 Å². The third-order valence-corrected chi connectivity index (χ3v) is 3.06. The largest absolute Gasteiger partial charge is 0.481 e. The summed E-state index contributed by atoms with van der Waals surface area (Å²) in [5, 5.41) is 11.2. The zero-order chi connectivity index (χ0) is 15.4. The lowest BCUT2D eigenvalue weighted by molar-refractivity contribution is -0.136. The first-order valence-corrected chi connectivity index (χ1v) is 6.40. The minimum Gasteiger partial charge on any atom is -0.481 e. The van der Waals surface area contributed by atoms with E-state index in [9.17, 15) is 14.0 Å². The monoisotopic (exact) mass is 307 g/mol. The van der Waals surface area contributed by atoms with Gasteiger partial charge in [0.2, 0.25) is 0 Å². The van der Waals surface area contributed by atoms with Crippen molar-refractivity contribution in [2.75, 3.05) is 5.32 Å². The number of carbonyl (C=O) groups is 2. The normalized spacial score (nSPS) is 10.2. The van der Waals surface area contributed by atoms with Crippen LogP contribution in [0.3, 0.4) is 0 Å². The Labute approximate surface area is 125 Å². The highest BCUT2D eigenvalue weighted by atomic mass is 35.5. The van der Waals surface area contributed by atoms with Crippen molar-refractivity contribution in [2.45, 2.75) is 6.42 Å². The molecule has 0 fully saturated rings. The van der Waals surface area contributed by atoms with Crippen LogP contribution >= 0.6 is 11.6 Å². The molecule has 0 aliphatic rings. The van der Waals surface area contributed by atoms with Crippen LogP contribution in [0.1, 0.15) is 15.9 Å². The number of carbonyl (C=O) groups excluding carboxylic acids is 1. The molecule has 4 nitrogen and oxygen atoms in total. The molecule has 2 N–H and O–H groups in total. The number of carboxylic acid groups (broad SMARTS) is 1. The van der Waals surface area contributed by atoms with Crippen molar-refractivity contribution in [1.82, 2.24) is 0 Å². The van der Waals surface area contributed by atoms with E-state index in [2.05, 4.69) is 5.32 Å². The molecule has 0 unspecified atom stereocenters. The Balaban J connectivity index is 2.08. The zero-order valence-electron chi connectivity index (χ0n) is 10.8. The van der Waals surface area contributed by atoms with Crippen LogP contribution in [0.4, 0.5) is 10.1 Å². The Morgan fingerprint density at radius 2 is 1.81 bits per heavy atom. The molecule has 2 rings (SSSR count). The number of rotatable bonds is 4. The van der Waals surface area contributed by atoms with Gasteiger partial charge in [-0.2, -0.15) is 0 Å². The second-order valence-electron chi connectivity index (χ2n) is 4.35. The molecular weight excluding hydrogens is 297 g/mol. The topological polar surface area (TPSA) is 66.4 Å². The number of hydrogen-bond acceptors (Lipinski definition) is 2. The molecule has 0 atom stereocenters. The van der Waals surface area contributed by atoms with Gasteiger partial charge in [0.15, 0.2) is 0 Å². The van der Waals surface area contributed by atoms with Crippen molar-refractivity contribution >= 4 is 29.2 Å². The SMILES string of the molecule is O=C(O)Cc1ccc(NC(=O)c2ccc(Cl)c(F)c2)cc1. The summed E-state index contributed by atoms with van der Waals surface area (Å²) in [6, 6.07) is 10.2. The van der Waals surface area contributed by atoms with E-state index in [0.717, 1.165) is 6.07 Å². The summed E-state index contributed by atoms with van der Waals surface area (Å²) in [4.78, 5) is 22.5. The predicted molar refractivity (Wildman–Crippen MR) is 77.1 cm³/mol. The molecule has 0 heterocycles. The number of benzene rings is 2. The molecule has 108 valence electrons. The molecule has 0 aromatic heterocycles. The van der Waals surface area contributed by atoms with E-state index in [4.69, 9.17) is 16.7 Å². The van der Waals surface area contributed by atoms with E-state index in [1.165, 1.54) is 12.1 Å². The molecule has 0 bridgehead atoms. The van der Waals surface area contributed by atoms with Crippen LogP contribution in [-0.2, 0) is 11.2 Å². The van der Waals surface area contributed by atoms with Crippen molar-refractivity contribution < 1.29 is 19.1 Å². The lowest BCUT2D eigenvalue weighted by Crippen LogP contribution is -2.12. The number of aliphatic carboxylic acids is 1. The van der Waals surface area contributed by atoms with Gasteiger partial charge in [-0.05, 0) is 35.9 Å². The van der Waals surface area contributed by atoms with E-state index < -0.39 is 17.7 Å². The predicted octanol–water partition coefficient (Wildman–Crippen LogP) is 3.36. The molecule has 1 amide bonds. The van der Waals surface area contributed by atoms with Crippen LogP contribution in [0.25, 0.3) is 0 Å². The van der Waals surface area contributed by atoms with E-state index in [0.29, 0.717) is 11.3 Å². The lowest BCUT2D eigenvalue weighted by atomic mass is 10.1. The summed E-state index contributed by atoms with van der Waals surface area (Å²) in [6.07, 6.45) is -0.0867. The molecule has 0 radical (unpaired) electrons. The summed E-state index contributed by atoms with van der Waals surface area (Å²) in [5.41, 5.74) is 1.26. The minimum atomic E-state index is -0.927. The van der Waals surface area contributed by atoms with E-state index >= 15 is 0 Å². The molecule has 0 saturated heterocycles. The van der Waals surface area contributed by atoms with Gasteiger partial charge in [0.1, 0.15) is 5.82 Å². The summed E-state index contributed by atoms with van der Waals surface area (Å²) in [5.74, 6) is -2.07. The van der Waals surface area contributed by atoms with Gasteiger partial charge in [0.25, 0.3) is 5.91 Å². The smallest absolute Gasteiger partial charge is 0.307 e. The second kappa shape index (κ2) is 6.37. The fraction of sp³-hybridized carbons (Fsp3) is 0.0667. The molecule has 0 aliphatic heterocycles. The average molecular weight is 308 g/mol. The first-order chi connectivity index (χ1) is 9.95. The first-order valence-electron chi connectivity index (χ1n) is 6.03. The quantitative estimate of drug-likeness (QED) is 0.910. The zero-order valence-corrected chi connectivity index (χ0v) is 11.5. The number of hydrogen-bond donors (Lipinski definition) is 2. The molecule has 2 aromatic rings. The van der Waals surface area contributed by atoms with Crippen molar-refractivity contribution in [2.24, 2.45) is 0 Å². The molecule has 6 heteroatoms. The Bertz CT molecular complexity index is 686. The Hall–Kier alpha value is -2.40. The van der Waals surface area contributed by atoms with Crippen LogP contribution in [-0.4, -0.2) is 17.0 Å². The second-order valence-corrected chi connectivity index (χ2v) is 4.76. The third-order valence-electron chi connectivity index (χ3n) is 2.75. The van der Waals surface area contributed by atoms with Gasteiger partial charge in [-0.1, -0.05) is 23.7 Å². The molecule has 0 aliphatic carbocycles. The Kier molecular flexibility index (Phi) is 4.55. The van der Waals surface area contributed by atoms with Crippen molar-refractivity contribution in [3.05, 3.63) is 64.4 Å². The Morgan fingerprint density at radius 1 is 1.14 bits per heavy atom. The molecule has 0 spiro atoms. The van der Waals surface area contributed by atoms with Gasteiger partial charge >= 0.3 is 5.97 Å². The maximum Gasteiger partial charge on any atom is 0.307 e. The highest BCUT2D eigenvalue weighted by molar-refractivity contribution is 6.30. The minimum absolute atomic E-state index is 0.0513. The van der Waals surface area contributed by atoms with Gasteiger partial charge in [0, 0.05) is 11.3 Å². The van der Waals surface area contributed by atoms with Crippen molar-refractivity contribution in [3.8, 4) is 0 Å². The fourth-order valence-electron chi connectivity index (χ4n) is 1.72. The highest BCUT2D eigenvalue weighted by Gasteiger charge is 2.09. The number of carboxylic acids is 1. The summed E-state index contributed by atoms with van der Waals surface area (Å²) >= 11 is 5.55. The lowest BCUT2D eigenvalue weighted by Gasteiger charge is -2.06. The molecule has 0 saturated carbocycles. The van der Waals surface area contributed by atoms with Gasteiger partial charge in [-0.15, -0.1) is 0 Å². The van der Waals surface area contributed by atoms with Gasteiger partial charge in [-0.25, -0.2) is 4.39 Å². The van der Waals surface area contributed by atoms with E-state index in [1.807, 2.05) is 0 Å². The van der Waals surface area contributed by atoms with Crippen LogP contribution < -0.4 is 5.32 Å². The standard InChI is InChI=1S/C15H11ClFNO3/c16-12-6-3-10(8-13(12)17)15(21)18-11-4-1-9(2-5-11)7-14(19)20/h1-6,8H,7H2,(H,18,21)(H,19,20). The highest BCUT2D eigenvalue weighted by Crippen LogP contribution is 2.17. The summed E-state index contributed by atoms with van der Waals surface area (Å²) < 4.78 is 13.3. The first kappa shape index (κ1) is 15.0.